The average molecular weight is 508 g/mol. The lowest BCUT2D eigenvalue weighted by molar-refractivity contribution is 0.0522. The van der Waals surface area contributed by atoms with Crippen LogP contribution in [0, 0.1) is 0 Å². The SMILES string of the molecule is CC1(C)c2cc(C(=O)O)ccc2N(Cc2ccc(C(=O)O)cc2)C12C=Cc1c(ccc3ccc(O)cc13)O2. The second-order valence-electron chi connectivity index (χ2n) is 10.3. The number of fused-ring (bicyclic) bond motifs is 4. The molecule has 6 rings (SSSR count). The van der Waals surface area contributed by atoms with Gasteiger partial charge >= 0.3 is 11.9 Å². The number of ether oxygens (including phenoxy) is 1. The van der Waals surface area contributed by atoms with Crippen molar-refractivity contribution in [1.82, 2.24) is 0 Å². The second kappa shape index (κ2) is 8.11. The number of rotatable bonds is 4. The Kier molecular flexibility index (Phi) is 5.04. The smallest absolute Gasteiger partial charge is 0.335 e. The summed E-state index contributed by atoms with van der Waals surface area (Å²) in [5.41, 5.74) is 2.14. The predicted octanol–water partition coefficient (Wildman–Crippen LogP) is 6.04. The van der Waals surface area contributed by atoms with Crippen molar-refractivity contribution in [2.24, 2.45) is 0 Å². The molecule has 0 bridgehead atoms. The molecule has 0 saturated carbocycles. The highest BCUT2D eigenvalue weighted by Crippen LogP contribution is 2.56. The number of hydrogen-bond donors (Lipinski definition) is 3. The van der Waals surface area contributed by atoms with Crippen LogP contribution in [0.2, 0.25) is 0 Å². The fraction of sp³-hybridized carbons (Fsp3) is 0.161. The first-order valence-electron chi connectivity index (χ1n) is 12.2. The summed E-state index contributed by atoms with van der Waals surface area (Å²) in [4.78, 5) is 25.3. The quantitative estimate of drug-likeness (QED) is 0.309. The lowest BCUT2D eigenvalue weighted by Gasteiger charge is -2.47. The number of benzene rings is 4. The fourth-order valence-electron chi connectivity index (χ4n) is 5.70. The summed E-state index contributed by atoms with van der Waals surface area (Å²) in [7, 11) is 0. The molecule has 0 aliphatic carbocycles. The molecule has 0 saturated heterocycles. The molecule has 2 heterocycles. The van der Waals surface area contributed by atoms with Crippen LogP contribution in [0.3, 0.4) is 0 Å². The molecule has 0 aromatic heterocycles. The summed E-state index contributed by atoms with van der Waals surface area (Å²) >= 11 is 0. The van der Waals surface area contributed by atoms with Crippen molar-refractivity contribution in [3.63, 3.8) is 0 Å². The molecule has 190 valence electrons. The Bertz CT molecular complexity index is 1670. The zero-order chi connectivity index (χ0) is 26.8. The van der Waals surface area contributed by atoms with Crippen LogP contribution in [-0.4, -0.2) is 33.0 Å². The highest BCUT2D eigenvalue weighted by Gasteiger charge is 2.59. The van der Waals surface area contributed by atoms with Gasteiger partial charge in [-0.15, -0.1) is 0 Å². The van der Waals surface area contributed by atoms with Crippen molar-refractivity contribution >= 4 is 34.5 Å². The summed E-state index contributed by atoms with van der Waals surface area (Å²) in [6.07, 6.45) is 4.01. The van der Waals surface area contributed by atoms with Gasteiger partial charge in [0.2, 0.25) is 5.72 Å². The van der Waals surface area contributed by atoms with Crippen LogP contribution in [-0.2, 0) is 12.0 Å². The topological polar surface area (TPSA) is 107 Å². The molecule has 2 aliphatic heterocycles. The van der Waals surface area contributed by atoms with Crippen molar-refractivity contribution in [2.75, 3.05) is 4.90 Å². The molecular weight excluding hydrogens is 482 g/mol. The van der Waals surface area contributed by atoms with Crippen LogP contribution in [0.15, 0.2) is 78.9 Å². The van der Waals surface area contributed by atoms with Gasteiger partial charge in [-0.05, 0) is 96.4 Å². The van der Waals surface area contributed by atoms with Crippen molar-refractivity contribution < 1.29 is 29.6 Å². The fourth-order valence-corrected chi connectivity index (χ4v) is 5.70. The molecule has 1 unspecified atom stereocenters. The van der Waals surface area contributed by atoms with Crippen molar-refractivity contribution in [1.29, 1.82) is 0 Å². The number of phenols is 1. The van der Waals surface area contributed by atoms with Crippen molar-refractivity contribution in [3.05, 3.63) is 107 Å². The second-order valence-corrected chi connectivity index (χ2v) is 10.3. The summed E-state index contributed by atoms with van der Waals surface area (Å²) in [6, 6.07) is 20.9. The largest absolute Gasteiger partial charge is 0.508 e. The molecule has 0 amide bonds. The normalized spacial score (nSPS) is 18.7. The first kappa shape index (κ1) is 23.6. The van der Waals surface area contributed by atoms with E-state index in [1.165, 1.54) is 0 Å². The van der Waals surface area contributed by atoms with E-state index in [2.05, 4.69) is 4.90 Å². The first-order chi connectivity index (χ1) is 18.1. The third-order valence-electron chi connectivity index (χ3n) is 7.79. The molecule has 3 N–H and O–H groups in total. The minimum Gasteiger partial charge on any atom is -0.508 e. The van der Waals surface area contributed by atoms with Crippen molar-refractivity contribution in [3.8, 4) is 11.5 Å². The Labute approximate surface area is 218 Å². The van der Waals surface area contributed by atoms with Crippen LogP contribution in [0.5, 0.6) is 11.5 Å². The van der Waals surface area contributed by atoms with Crippen LogP contribution in [0.25, 0.3) is 16.8 Å². The van der Waals surface area contributed by atoms with Gasteiger partial charge in [0.25, 0.3) is 0 Å². The van der Waals surface area contributed by atoms with E-state index in [9.17, 15) is 24.9 Å². The number of carbonyl (C=O) groups is 2. The van der Waals surface area contributed by atoms with Gasteiger partial charge in [-0.25, -0.2) is 9.59 Å². The molecule has 4 aromatic carbocycles. The zero-order valence-electron chi connectivity index (χ0n) is 20.8. The molecule has 1 atom stereocenters. The van der Waals surface area contributed by atoms with E-state index in [4.69, 9.17) is 4.74 Å². The summed E-state index contributed by atoms with van der Waals surface area (Å²) < 4.78 is 6.89. The van der Waals surface area contributed by atoms with E-state index in [-0.39, 0.29) is 16.9 Å². The Balaban J connectivity index is 1.52. The average Bonchev–Trinajstić information content (AvgIpc) is 3.06. The molecule has 7 heteroatoms. The molecular formula is C31H25NO6. The number of anilines is 1. The van der Waals surface area contributed by atoms with E-state index in [1.54, 1.807) is 48.5 Å². The number of carboxylic acids is 2. The molecule has 1 spiro atoms. The number of nitrogens with zero attached hydrogens (tertiary/aromatic N) is 1. The zero-order valence-corrected chi connectivity index (χ0v) is 20.8. The molecule has 0 fully saturated rings. The van der Waals surface area contributed by atoms with Gasteiger partial charge in [0, 0.05) is 17.8 Å². The minimum absolute atomic E-state index is 0.167. The van der Waals surface area contributed by atoms with E-state index in [0.717, 1.165) is 33.2 Å². The van der Waals surface area contributed by atoms with Crippen LogP contribution in [0.4, 0.5) is 5.69 Å². The minimum atomic E-state index is -1.00. The number of hydrogen-bond acceptors (Lipinski definition) is 5. The van der Waals surface area contributed by atoms with Gasteiger partial charge < -0.3 is 25.0 Å². The number of carboxylic acid groups (broad SMARTS) is 2. The van der Waals surface area contributed by atoms with Crippen LogP contribution >= 0.6 is 0 Å². The summed E-state index contributed by atoms with van der Waals surface area (Å²) in [6.45, 7) is 4.47. The van der Waals surface area contributed by atoms with Crippen LogP contribution in [0.1, 0.15) is 51.3 Å². The maximum absolute atomic E-state index is 11.8. The monoisotopic (exact) mass is 507 g/mol. The maximum atomic E-state index is 11.8. The molecule has 38 heavy (non-hydrogen) atoms. The van der Waals surface area contributed by atoms with Gasteiger partial charge in [-0.3, -0.25) is 0 Å². The van der Waals surface area contributed by atoms with Gasteiger partial charge in [0.15, 0.2) is 0 Å². The van der Waals surface area contributed by atoms with Gasteiger partial charge in [0.05, 0.1) is 16.5 Å². The maximum Gasteiger partial charge on any atom is 0.335 e. The standard InChI is InChI=1S/C31H25NO6/c1-30(2)25-15-21(29(36)37)8-11-26(25)32(17-18-3-5-20(6-4-18)28(34)35)31(30)14-13-23-24-16-22(33)10-7-19(24)9-12-27(23)38-31/h3-16,33H,17H2,1-2H3,(H,34,35)(H,36,37). The highest BCUT2D eigenvalue weighted by atomic mass is 16.5. The Morgan fingerprint density at radius 1 is 0.868 bits per heavy atom. The molecule has 7 nitrogen and oxygen atoms in total. The molecule has 0 radical (unpaired) electrons. The highest BCUT2D eigenvalue weighted by molar-refractivity contribution is 5.95. The number of aromatic hydroxyl groups is 1. The summed E-state index contributed by atoms with van der Waals surface area (Å²) in [5.74, 6) is -1.18. The molecule has 2 aliphatic rings. The third-order valence-corrected chi connectivity index (χ3v) is 7.79. The van der Waals surface area contributed by atoms with Crippen molar-refractivity contribution in [2.45, 2.75) is 31.5 Å². The van der Waals surface area contributed by atoms with E-state index in [0.29, 0.717) is 12.3 Å². The Hall–Kier alpha value is -4.78. The van der Waals surface area contributed by atoms with Gasteiger partial charge in [-0.2, -0.15) is 0 Å². The van der Waals surface area contributed by atoms with Gasteiger partial charge in [-0.1, -0.05) is 24.3 Å². The Morgan fingerprint density at radius 3 is 2.26 bits per heavy atom. The van der Waals surface area contributed by atoms with Crippen LogP contribution < -0.4 is 9.64 Å². The lowest BCUT2D eigenvalue weighted by atomic mass is 9.75. The van der Waals surface area contributed by atoms with E-state index < -0.39 is 23.1 Å². The summed E-state index contributed by atoms with van der Waals surface area (Å²) in [5, 5.41) is 30.9. The van der Waals surface area contributed by atoms with Gasteiger partial charge in [0.1, 0.15) is 11.5 Å². The van der Waals surface area contributed by atoms with E-state index in [1.807, 2.05) is 50.3 Å². The third kappa shape index (κ3) is 3.35. The Morgan fingerprint density at radius 2 is 1.55 bits per heavy atom. The lowest BCUT2D eigenvalue weighted by Crippen LogP contribution is -2.59. The molecule has 4 aromatic rings. The first-order valence-corrected chi connectivity index (χ1v) is 12.2. The predicted molar refractivity (Wildman–Crippen MR) is 144 cm³/mol. The van der Waals surface area contributed by atoms with E-state index >= 15 is 0 Å². The number of aromatic carboxylic acids is 2. The number of phenolic OH excluding ortho intramolecular Hbond substituents is 1.